The standard InChI is InChI=1S/C23H26FN3O/c1-2-13-26-14-11-23(12-15-26)27-21(19-5-3-4-6-22(19)28-23)16-20(25-27)17-7-9-18(24)10-8-17/h3-10,16,21,25H,2,11-15H2,1H3/t21-/m0/s1. The highest BCUT2D eigenvalue weighted by molar-refractivity contribution is 5.67. The molecule has 1 saturated heterocycles. The van der Waals surface area contributed by atoms with Crippen LogP contribution in [0.2, 0.25) is 0 Å². The van der Waals surface area contributed by atoms with Gasteiger partial charge in [0, 0.05) is 31.5 Å². The van der Waals surface area contributed by atoms with Crippen LogP contribution < -0.4 is 10.2 Å². The third-order valence-corrected chi connectivity index (χ3v) is 6.15. The van der Waals surface area contributed by atoms with Crippen molar-refractivity contribution in [2.75, 3.05) is 19.6 Å². The van der Waals surface area contributed by atoms with Crippen LogP contribution in [0.15, 0.2) is 54.6 Å². The molecule has 2 aromatic rings. The maximum Gasteiger partial charge on any atom is 0.182 e. The first-order valence-electron chi connectivity index (χ1n) is 10.2. The Labute approximate surface area is 165 Å². The number of likely N-dealkylation sites (tertiary alicyclic amines) is 1. The van der Waals surface area contributed by atoms with E-state index >= 15 is 0 Å². The van der Waals surface area contributed by atoms with Crippen molar-refractivity contribution in [3.63, 3.8) is 0 Å². The molecule has 1 N–H and O–H groups in total. The lowest BCUT2D eigenvalue weighted by atomic mass is 9.92. The summed E-state index contributed by atoms with van der Waals surface area (Å²) in [5.74, 6) is 0.764. The number of hydrogen-bond donors (Lipinski definition) is 1. The maximum absolute atomic E-state index is 13.4. The summed E-state index contributed by atoms with van der Waals surface area (Å²) >= 11 is 0. The van der Waals surface area contributed by atoms with Crippen LogP contribution in [0.3, 0.4) is 0 Å². The molecule has 5 heteroatoms. The van der Waals surface area contributed by atoms with E-state index < -0.39 is 0 Å². The van der Waals surface area contributed by atoms with Crippen molar-refractivity contribution >= 4 is 5.70 Å². The number of nitrogens with one attached hydrogen (secondary N) is 1. The van der Waals surface area contributed by atoms with Crippen molar-refractivity contribution < 1.29 is 9.13 Å². The van der Waals surface area contributed by atoms with Gasteiger partial charge in [0.25, 0.3) is 0 Å². The van der Waals surface area contributed by atoms with Gasteiger partial charge in [-0.15, -0.1) is 0 Å². The average Bonchev–Trinajstić information content (AvgIpc) is 3.17. The third-order valence-electron chi connectivity index (χ3n) is 6.15. The first-order chi connectivity index (χ1) is 13.7. The third kappa shape index (κ3) is 2.90. The Balaban J connectivity index is 1.49. The van der Waals surface area contributed by atoms with Gasteiger partial charge >= 0.3 is 0 Å². The van der Waals surface area contributed by atoms with E-state index in [1.165, 1.54) is 24.1 Å². The molecule has 4 nitrogen and oxygen atoms in total. The molecule has 1 atom stereocenters. The monoisotopic (exact) mass is 379 g/mol. The Kier molecular flexibility index (Phi) is 4.37. The summed E-state index contributed by atoms with van der Waals surface area (Å²) in [6, 6.07) is 15.1. The smallest absolute Gasteiger partial charge is 0.182 e. The van der Waals surface area contributed by atoms with Crippen molar-refractivity contribution in [2.45, 2.75) is 38.0 Å². The fourth-order valence-electron chi connectivity index (χ4n) is 4.70. The van der Waals surface area contributed by atoms with Crippen LogP contribution in [0, 0.1) is 5.82 Å². The van der Waals surface area contributed by atoms with E-state index in [-0.39, 0.29) is 17.6 Å². The molecule has 0 saturated carbocycles. The fraction of sp³-hybridized carbons (Fsp3) is 0.391. The lowest BCUT2D eigenvalue weighted by Gasteiger charge is -2.51. The molecule has 2 aromatic carbocycles. The first kappa shape index (κ1) is 17.7. The van der Waals surface area contributed by atoms with E-state index in [2.05, 4.69) is 46.5 Å². The van der Waals surface area contributed by atoms with Gasteiger partial charge in [-0.3, -0.25) is 0 Å². The van der Waals surface area contributed by atoms with Crippen LogP contribution in [0.5, 0.6) is 5.75 Å². The zero-order chi connectivity index (χ0) is 19.1. The lowest BCUT2D eigenvalue weighted by molar-refractivity contribution is -0.159. The highest BCUT2D eigenvalue weighted by atomic mass is 19.1. The van der Waals surface area contributed by atoms with E-state index in [1.807, 2.05) is 18.2 Å². The topological polar surface area (TPSA) is 27.7 Å². The van der Waals surface area contributed by atoms with Gasteiger partial charge in [0.15, 0.2) is 5.72 Å². The van der Waals surface area contributed by atoms with Gasteiger partial charge in [0.05, 0.1) is 11.7 Å². The van der Waals surface area contributed by atoms with E-state index in [1.54, 1.807) is 0 Å². The summed E-state index contributed by atoms with van der Waals surface area (Å²) in [6.45, 7) is 5.44. The van der Waals surface area contributed by atoms with Gasteiger partial charge in [0.2, 0.25) is 0 Å². The second-order valence-corrected chi connectivity index (χ2v) is 7.94. The number of benzene rings is 2. The number of nitrogens with zero attached hydrogens (tertiary/aromatic N) is 2. The van der Waals surface area contributed by atoms with Gasteiger partial charge < -0.3 is 15.1 Å². The average molecular weight is 379 g/mol. The molecule has 28 heavy (non-hydrogen) atoms. The molecule has 0 radical (unpaired) electrons. The lowest BCUT2D eigenvalue weighted by Crippen LogP contribution is -2.63. The van der Waals surface area contributed by atoms with Crippen LogP contribution in [-0.2, 0) is 0 Å². The van der Waals surface area contributed by atoms with Gasteiger partial charge in [-0.05, 0) is 54.9 Å². The van der Waals surface area contributed by atoms with Crippen LogP contribution in [0.4, 0.5) is 4.39 Å². The zero-order valence-corrected chi connectivity index (χ0v) is 16.2. The Bertz CT molecular complexity index is 887. The number of hydrazine groups is 1. The predicted molar refractivity (Wildman–Crippen MR) is 108 cm³/mol. The first-order valence-corrected chi connectivity index (χ1v) is 10.2. The molecule has 3 aliphatic rings. The Hall–Kier alpha value is -2.37. The Morgan fingerprint density at radius 1 is 1.11 bits per heavy atom. The van der Waals surface area contributed by atoms with Crippen LogP contribution in [0.25, 0.3) is 5.70 Å². The fourth-order valence-corrected chi connectivity index (χ4v) is 4.70. The van der Waals surface area contributed by atoms with E-state index in [0.717, 1.165) is 49.5 Å². The predicted octanol–water partition coefficient (Wildman–Crippen LogP) is 4.32. The number of para-hydroxylation sites is 1. The minimum absolute atomic E-state index is 0.114. The number of ether oxygens (including phenoxy) is 1. The maximum atomic E-state index is 13.4. The Morgan fingerprint density at radius 2 is 1.86 bits per heavy atom. The number of fused-ring (bicyclic) bond motifs is 4. The minimum Gasteiger partial charge on any atom is -0.470 e. The molecule has 3 aliphatic heterocycles. The van der Waals surface area contributed by atoms with Gasteiger partial charge in [-0.2, -0.15) is 5.01 Å². The molecule has 0 bridgehead atoms. The van der Waals surface area contributed by atoms with Crippen molar-refractivity contribution in [3.8, 4) is 5.75 Å². The minimum atomic E-state index is -0.360. The molecule has 0 unspecified atom stereocenters. The van der Waals surface area contributed by atoms with Crippen LogP contribution in [0.1, 0.15) is 43.4 Å². The summed E-state index contributed by atoms with van der Waals surface area (Å²) in [5, 5.41) is 2.29. The number of hydrogen-bond acceptors (Lipinski definition) is 4. The summed E-state index contributed by atoms with van der Waals surface area (Å²) < 4.78 is 20.0. The van der Waals surface area contributed by atoms with Crippen molar-refractivity contribution in [1.82, 2.24) is 15.3 Å². The molecule has 1 fully saturated rings. The van der Waals surface area contributed by atoms with Crippen molar-refractivity contribution in [2.24, 2.45) is 0 Å². The summed E-state index contributed by atoms with van der Waals surface area (Å²) in [7, 11) is 0. The largest absolute Gasteiger partial charge is 0.470 e. The van der Waals surface area contributed by atoms with Crippen molar-refractivity contribution in [1.29, 1.82) is 0 Å². The van der Waals surface area contributed by atoms with Gasteiger partial charge in [-0.25, -0.2) is 4.39 Å². The molecule has 3 heterocycles. The van der Waals surface area contributed by atoms with E-state index in [4.69, 9.17) is 4.74 Å². The number of piperidine rings is 1. The second kappa shape index (κ2) is 6.90. The quantitative estimate of drug-likeness (QED) is 0.859. The van der Waals surface area contributed by atoms with Gasteiger partial charge in [-0.1, -0.05) is 25.1 Å². The molecule has 0 amide bonds. The molecule has 146 valence electrons. The van der Waals surface area contributed by atoms with E-state index in [0.29, 0.717) is 0 Å². The molecular weight excluding hydrogens is 353 g/mol. The SMILES string of the molecule is CCCN1CCC2(CC1)Oc1ccccc1[C@@H]1C=C(c3ccc(F)cc3)NN12. The highest BCUT2D eigenvalue weighted by Crippen LogP contribution is 2.48. The number of halogens is 1. The molecular formula is C23H26FN3O. The van der Waals surface area contributed by atoms with Gasteiger partial charge in [0.1, 0.15) is 11.6 Å². The normalized spacial score (nSPS) is 23.5. The highest BCUT2D eigenvalue weighted by Gasteiger charge is 2.51. The molecule has 0 aromatic heterocycles. The molecule has 5 rings (SSSR count). The summed E-state index contributed by atoms with van der Waals surface area (Å²) in [5.41, 5.74) is 6.43. The molecule has 0 aliphatic carbocycles. The van der Waals surface area contributed by atoms with Crippen LogP contribution in [-0.4, -0.2) is 35.3 Å². The number of rotatable bonds is 3. The van der Waals surface area contributed by atoms with E-state index in [9.17, 15) is 4.39 Å². The Morgan fingerprint density at radius 3 is 2.61 bits per heavy atom. The van der Waals surface area contributed by atoms with Crippen molar-refractivity contribution in [3.05, 3.63) is 71.6 Å². The zero-order valence-electron chi connectivity index (χ0n) is 16.2. The second-order valence-electron chi connectivity index (χ2n) is 7.94. The van der Waals surface area contributed by atoms with Crippen LogP contribution >= 0.6 is 0 Å². The molecule has 1 spiro atoms. The summed E-state index contributed by atoms with van der Waals surface area (Å²) in [4.78, 5) is 2.52. The summed E-state index contributed by atoms with van der Waals surface area (Å²) in [6.07, 6.45) is 5.33.